The van der Waals surface area contributed by atoms with Crippen LogP contribution in [0.3, 0.4) is 0 Å². The van der Waals surface area contributed by atoms with E-state index < -0.39 is 11.9 Å². The van der Waals surface area contributed by atoms with Gasteiger partial charge in [0.1, 0.15) is 0 Å². The molecular weight excluding hydrogens is 400 g/mol. The zero-order valence-corrected chi connectivity index (χ0v) is 20.2. The Hall–Kier alpha value is -2.36. The Morgan fingerprint density at radius 3 is 1.84 bits per heavy atom. The molecule has 0 atom stereocenters. The van der Waals surface area contributed by atoms with Gasteiger partial charge in [0.2, 0.25) is 0 Å². The van der Waals surface area contributed by atoms with Crippen LogP contribution in [0.25, 0.3) is 6.08 Å². The zero-order chi connectivity index (χ0) is 23.3. The van der Waals surface area contributed by atoms with Crippen molar-refractivity contribution >= 4 is 18.0 Å². The van der Waals surface area contributed by atoms with Gasteiger partial charge in [-0.2, -0.15) is 0 Å². The lowest BCUT2D eigenvalue weighted by atomic mass is 10.1. The second-order valence-corrected chi connectivity index (χ2v) is 8.18. The van der Waals surface area contributed by atoms with Gasteiger partial charge in [0, 0.05) is 6.08 Å². The molecule has 32 heavy (non-hydrogen) atoms. The van der Waals surface area contributed by atoms with Crippen LogP contribution in [0.2, 0.25) is 0 Å². The normalized spacial score (nSPS) is 11.6. The highest BCUT2D eigenvalue weighted by atomic mass is 16.5. The Morgan fingerprint density at radius 2 is 1.25 bits per heavy atom. The van der Waals surface area contributed by atoms with Crippen LogP contribution in [0.1, 0.15) is 96.5 Å². The first kappa shape index (κ1) is 27.7. The fraction of sp³-hybridized carbons (Fsp3) is 0.571. The summed E-state index contributed by atoms with van der Waals surface area (Å²) in [4.78, 5) is 24.8. The van der Waals surface area contributed by atoms with E-state index >= 15 is 0 Å². The summed E-state index contributed by atoms with van der Waals surface area (Å²) < 4.78 is 10.7. The molecule has 0 saturated carbocycles. The Bertz CT molecular complexity index is 676. The van der Waals surface area contributed by atoms with Crippen LogP contribution in [0.4, 0.5) is 0 Å². The smallest absolute Gasteiger partial charge is 0.338 e. The maximum absolute atomic E-state index is 12.6. The van der Waals surface area contributed by atoms with Crippen molar-refractivity contribution in [3.8, 4) is 0 Å². The van der Waals surface area contributed by atoms with Gasteiger partial charge in [-0.3, -0.25) is 0 Å². The third kappa shape index (κ3) is 14.6. The van der Waals surface area contributed by atoms with Gasteiger partial charge in [-0.25, -0.2) is 9.59 Å². The van der Waals surface area contributed by atoms with E-state index in [1.165, 1.54) is 44.6 Å². The fourth-order valence-electron chi connectivity index (χ4n) is 3.28. The fourth-order valence-corrected chi connectivity index (χ4v) is 3.28. The van der Waals surface area contributed by atoms with E-state index in [2.05, 4.69) is 13.8 Å². The van der Waals surface area contributed by atoms with Crippen molar-refractivity contribution in [1.29, 1.82) is 0 Å². The molecule has 0 unspecified atom stereocenters. The highest BCUT2D eigenvalue weighted by molar-refractivity contribution is 5.99. The summed E-state index contributed by atoms with van der Waals surface area (Å²) in [6, 6.07) is 9.66. The Labute approximate surface area is 195 Å². The molecule has 4 nitrogen and oxygen atoms in total. The van der Waals surface area contributed by atoms with E-state index in [0.717, 1.165) is 44.1 Å². The number of unbranched alkanes of at least 4 members (excludes halogenated alkanes) is 10. The summed E-state index contributed by atoms with van der Waals surface area (Å²) >= 11 is 0. The molecule has 1 aromatic carbocycles. The van der Waals surface area contributed by atoms with Gasteiger partial charge in [-0.15, -0.1) is 0 Å². The standard InChI is InChI=1S/C28H42O4/c1-3-5-7-9-11-16-22-31-27(29)24-26(21-20-25-18-14-13-15-19-25)28(30)32-23-17-12-10-8-6-4-2/h13-15,18-21,24H,3-12,16-17,22-23H2,1-2H3. The molecule has 0 bridgehead atoms. The molecular formula is C28H42O4. The van der Waals surface area contributed by atoms with E-state index in [-0.39, 0.29) is 5.57 Å². The number of benzene rings is 1. The Balaban J connectivity index is 2.54. The van der Waals surface area contributed by atoms with Crippen LogP contribution in [0.5, 0.6) is 0 Å². The first-order valence-corrected chi connectivity index (χ1v) is 12.5. The van der Waals surface area contributed by atoms with E-state index in [9.17, 15) is 9.59 Å². The van der Waals surface area contributed by atoms with Crippen molar-refractivity contribution in [3.05, 3.63) is 53.6 Å². The molecule has 4 heteroatoms. The van der Waals surface area contributed by atoms with Crippen LogP contribution < -0.4 is 0 Å². The van der Waals surface area contributed by atoms with Gasteiger partial charge in [0.15, 0.2) is 0 Å². The molecule has 0 spiro atoms. The van der Waals surface area contributed by atoms with Gasteiger partial charge in [0.05, 0.1) is 18.8 Å². The molecule has 0 heterocycles. The zero-order valence-electron chi connectivity index (χ0n) is 20.2. The van der Waals surface area contributed by atoms with Crippen LogP contribution >= 0.6 is 0 Å². The SMILES string of the molecule is CCCCCCCCOC(=O)C=C(C=Cc1ccccc1)C(=O)OCCCCCCCC. The quantitative estimate of drug-likeness (QED) is 0.103. The third-order valence-corrected chi connectivity index (χ3v) is 5.24. The number of rotatable bonds is 18. The second-order valence-electron chi connectivity index (χ2n) is 8.18. The molecule has 178 valence electrons. The van der Waals surface area contributed by atoms with Crippen LogP contribution in [-0.4, -0.2) is 25.2 Å². The van der Waals surface area contributed by atoms with E-state index in [0.29, 0.717) is 13.2 Å². The van der Waals surface area contributed by atoms with Crippen molar-refractivity contribution in [2.75, 3.05) is 13.2 Å². The van der Waals surface area contributed by atoms with Crippen molar-refractivity contribution in [1.82, 2.24) is 0 Å². The number of ether oxygens (including phenoxy) is 2. The van der Waals surface area contributed by atoms with Crippen molar-refractivity contribution in [2.24, 2.45) is 0 Å². The summed E-state index contributed by atoms with van der Waals surface area (Å²) in [6.45, 7) is 5.13. The Morgan fingerprint density at radius 1 is 0.719 bits per heavy atom. The average molecular weight is 443 g/mol. The summed E-state index contributed by atoms with van der Waals surface area (Å²) in [5.41, 5.74) is 1.16. The maximum Gasteiger partial charge on any atom is 0.338 e. The molecule has 0 amide bonds. The van der Waals surface area contributed by atoms with Gasteiger partial charge in [0.25, 0.3) is 0 Å². The van der Waals surface area contributed by atoms with E-state index in [4.69, 9.17) is 9.47 Å². The first-order valence-electron chi connectivity index (χ1n) is 12.5. The lowest BCUT2D eigenvalue weighted by Crippen LogP contribution is -2.11. The van der Waals surface area contributed by atoms with Crippen LogP contribution in [0, 0.1) is 0 Å². The molecule has 0 fully saturated rings. The van der Waals surface area contributed by atoms with E-state index in [1.54, 1.807) is 12.2 Å². The first-order chi connectivity index (χ1) is 15.7. The molecule has 0 radical (unpaired) electrons. The highest BCUT2D eigenvalue weighted by Gasteiger charge is 2.11. The highest BCUT2D eigenvalue weighted by Crippen LogP contribution is 2.10. The predicted molar refractivity (Wildman–Crippen MR) is 132 cm³/mol. The monoisotopic (exact) mass is 442 g/mol. The van der Waals surface area contributed by atoms with Gasteiger partial charge >= 0.3 is 11.9 Å². The molecule has 0 N–H and O–H groups in total. The van der Waals surface area contributed by atoms with Crippen molar-refractivity contribution < 1.29 is 19.1 Å². The summed E-state index contributed by atoms with van der Waals surface area (Å²) in [6.07, 6.45) is 18.2. The van der Waals surface area contributed by atoms with Crippen molar-refractivity contribution in [3.63, 3.8) is 0 Å². The number of carbonyl (C=O) groups excluding carboxylic acids is 2. The molecule has 1 aromatic rings. The third-order valence-electron chi connectivity index (χ3n) is 5.24. The summed E-state index contributed by atoms with van der Waals surface area (Å²) in [5, 5.41) is 0. The van der Waals surface area contributed by atoms with E-state index in [1.807, 2.05) is 30.3 Å². The lowest BCUT2D eigenvalue weighted by Gasteiger charge is -2.07. The molecule has 0 aliphatic carbocycles. The van der Waals surface area contributed by atoms with Crippen LogP contribution in [0.15, 0.2) is 48.1 Å². The topological polar surface area (TPSA) is 52.6 Å². The van der Waals surface area contributed by atoms with Crippen LogP contribution in [-0.2, 0) is 19.1 Å². The molecule has 0 saturated heterocycles. The minimum Gasteiger partial charge on any atom is -0.463 e. The number of hydrogen-bond donors (Lipinski definition) is 0. The van der Waals surface area contributed by atoms with Gasteiger partial charge in [-0.05, 0) is 24.5 Å². The molecule has 1 rings (SSSR count). The minimum atomic E-state index is -0.497. The minimum absolute atomic E-state index is 0.216. The summed E-state index contributed by atoms with van der Waals surface area (Å²) in [7, 11) is 0. The molecule has 0 aromatic heterocycles. The average Bonchev–Trinajstić information content (AvgIpc) is 2.81. The predicted octanol–water partition coefficient (Wildman–Crippen LogP) is 7.43. The van der Waals surface area contributed by atoms with Gasteiger partial charge < -0.3 is 9.47 Å². The number of hydrogen-bond acceptors (Lipinski definition) is 4. The summed E-state index contributed by atoms with van der Waals surface area (Å²) in [5.74, 6) is -0.981. The number of esters is 2. The molecule has 0 aliphatic rings. The number of carbonyl (C=O) groups is 2. The van der Waals surface area contributed by atoms with Crippen molar-refractivity contribution in [2.45, 2.75) is 90.9 Å². The lowest BCUT2D eigenvalue weighted by molar-refractivity contribution is -0.141. The Kier molecular flexibility index (Phi) is 16.7. The second kappa shape index (κ2) is 19.3. The largest absolute Gasteiger partial charge is 0.463 e. The van der Waals surface area contributed by atoms with Gasteiger partial charge in [-0.1, -0.05) is 114 Å². The maximum atomic E-state index is 12.6. The molecule has 0 aliphatic heterocycles.